The number of aromatic nitrogens is 8. The minimum absolute atomic E-state index is 0.710. The molecule has 6 heterocycles. The molecule has 9 nitrogen and oxygen atoms in total. The van der Waals surface area contributed by atoms with Gasteiger partial charge in [0.25, 0.3) is 0 Å². The Morgan fingerprint density at radius 3 is 1.35 bits per heavy atom. The zero-order chi connectivity index (χ0) is 56.0. The predicted molar refractivity (Wildman–Crippen MR) is 343 cm³/mol. The normalized spacial score (nSPS) is 12.0. The molecule has 0 fully saturated rings. The maximum absolute atomic E-state index is 6.95. The van der Waals surface area contributed by atoms with Crippen LogP contribution in [0, 0.1) is 0 Å². The highest BCUT2D eigenvalue weighted by Gasteiger charge is 2.29. The molecule has 16 aromatic rings. The smallest absolute Gasteiger partial charge is 0.214 e. The number of nitrogens with zero attached hydrogens (tertiary/aromatic N) is 8. The number of pyridine rings is 1. The lowest BCUT2D eigenvalue weighted by Gasteiger charge is -2.17. The van der Waals surface area contributed by atoms with Crippen molar-refractivity contribution in [1.82, 2.24) is 33.2 Å². The topological polar surface area (TPSA) is 71.5 Å². The van der Waals surface area contributed by atoms with Gasteiger partial charge in [0.15, 0.2) is 12.7 Å². The number of para-hydroxylation sites is 10. The lowest BCUT2D eigenvalue weighted by Crippen LogP contribution is -2.31. The van der Waals surface area contributed by atoms with E-state index in [0.717, 1.165) is 118 Å². The molecule has 0 aliphatic carbocycles. The maximum atomic E-state index is 6.95. The van der Waals surface area contributed by atoms with Gasteiger partial charge in [0.1, 0.15) is 29.0 Å². The Hall–Kier alpha value is -11.1. The lowest BCUT2D eigenvalue weighted by atomic mass is 10.0. The van der Waals surface area contributed by atoms with Crippen LogP contribution < -0.4 is 9.30 Å². The Labute approximate surface area is 493 Å². The molecular formula is C75H49N8OS+. The van der Waals surface area contributed by atoms with Gasteiger partial charge < -0.3 is 9.30 Å². The van der Waals surface area contributed by atoms with Crippen LogP contribution in [-0.2, 0) is 6.54 Å². The van der Waals surface area contributed by atoms with E-state index in [9.17, 15) is 0 Å². The van der Waals surface area contributed by atoms with Crippen molar-refractivity contribution in [3.05, 3.63) is 291 Å². The van der Waals surface area contributed by atoms with Gasteiger partial charge in [-0.1, -0.05) is 133 Å². The number of benzene rings is 11. The fraction of sp³-hybridized carbons (Fsp3) is 0.0133. The molecule has 85 heavy (non-hydrogen) atoms. The van der Waals surface area contributed by atoms with Crippen molar-refractivity contribution in [3.8, 4) is 79.7 Å². The quantitative estimate of drug-likeness (QED) is 0.121. The van der Waals surface area contributed by atoms with Gasteiger partial charge in [0.2, 0.25) is 5.69 Å². The highest BCUT2D eigenvalue weighted by atomic mass is 32.2. The number of rotatable bonds is 11. The minimum atomic E-state index is 0.710. The summed E-state index contributed by atoms with van der Waals surface area (Å²) in [7, 11) is 0. The molecule has 0 atom stereocenters. The van der Waals surface area contributed by atoms with E-state index in [1.807, 2.05) is 24.3 Å². The molecule has 1 aliphatic heterocycles. The first-order valence-electron chi connectivity index (χ1n) is 28.5. The van der Waals surface area contributed by atoms with Crippen molar-refractivity contribution in [2.75, 3.05) is 0 Å². The molecule has 0 radical (unpaired) electrons. The van der Waals surface area contributed by atoms with E-state index in [-0.39, 0.29) is 0 Å². The summed E-state index contributed by atoms with van der Waals surface area (Å²) in [5.74, 6) is 3.83. The molecule has 17 rings (SSSR count). The first-order chi connectivity index (χ1) is 42.1. The maximum Gasteiger partial charge on any atom is 0.214 e. The fourth-order valence-corrected chi connectivity index (χ4v) is 13.8. The van der Waals surface area contributed by atoms with Crippen LogP contribution in [0.1, 0.15) is 5.56 Å². The summed E-state index contributed by atoms with van der Waals surface area (Å²) in [5, 5.41) is 2.41. The number of ether oxygens (including phenoxy) is 1. The molecule has 0 unspecified atom stereocenters. The minimum Gasteiger partial charge on any atom is -0.457 e. The standard InChI is InChI=1S/C75H49N8OS/c1-3-21-53(22-4-1)80-65-32-14-9-27-60(65)76-73(80)50-44-51(74-77-61-28-10-15-33-66(61)81(74)54-23-5-2-6-24-54)46-52(45-50)75-78-62-29-11-16-34-67(62)82(75)55-37-39-56(40-38-55)84-57-41-42-70(85-71-36-19-20-49-48-79-43-18-17-35-68(79)72(49)71)69(47-57)83-63-30-12-7-25-58(63)59-26-8-13-31-64(59)83/h1-47H,48H2/q+1. The second-order valence-electron chi connectivity index (χ2n) is 21.5. The average Bonchev–Trinajstić information content (AvgIpc) is 2.39. The summed E-state index contributed by atoms with van der Waals surface area (Å²) in [6.07, 6.45) is 2.18. The first-order valence-corrected chi connectivity index (χ1v) is 29.3. The molecule has 11 aromatic carbocycles. The second kappa shape index (κ2) is 19.8. The van der Waals surface area contributed by atoms with Crippen molar-refractivity contribution in [2.24, 2.45) is 0 Å². The van der Waals surface area contributed by atoms with Crippen LogP contribution in [0.4, 0.5) is 0 Å². The third kappa shape index (κ3) is 8.17. The van der Waals surface area contributed by atoms with Crippen molar-refractivity contribution < 1.29 is 9.30 Å². The fourth-order valence-electron chi connectivity index (χ4n) is 12.6. The number of imidazole rings is 3. The third-order valence-corrected chi connectivity index (χ3v) is 17.5. The zero-order valence-electron chi connectivity index (χ0n) is 45.7. The number of fused-ring (bicyclic) bond motifs is 9. The molecular weight excluding hydrogens is 1060 g/mol. The van der Waals surface area contributed by atoms with Crippen LogP contribution in [0.2, 0.25) is 0 Å². The molecule has 0 spiro atoms. The molecule has 400 valence electrons. The Kier molecular flexibility index (Phi) is 11.3. The summed E-state index contributed by atoms with van der Waals surface area (Å²) in [6.45, 7) is 0.859. The summed E-state index contributed by atoms with van der Waals surface area (Å²) in [4.78, 5) is 18.6. The Morgan fingerprint density at radius 2 is 0.812 bits per heavy atom. The molecule has 0 saturated heterocycles. The van der Waals surface area contributed by atoms with Gasteiger partial charge in [0, 0.05) is 78.1 Å². The first kappa shape index (κ1) is 48.6. The van der Waals surface area contributed by atoms with Gasteiger partial charge in [-0.05, 0) is 140 Å². The van der Waals surface area contributed by atoms with Crippen LogP contribution in [0.5, 0.6) is 11.5 Å². The van der Waals surface area contributed by atoms with E-state index in [4.69, 9.17) is 19.7 Å². The van der Waals surface area contributed by atoms with E-state index < -0.39 is 0 Å². The third-order valence-electron chi connectivity index (χ3n) is 16.4. The lowest BCUT2D eigenvalue weighted by molar-refractivity contribution is -0.672. The second-order valence-corrected chi connectivity index (χ2v) is 22.5. The zero-order valence-corrected chi connectivity index (χ0v) is 46.6. The molecule has 0 amide bonds. The van der Waals surface area contributed by atoms with Gasteiger partial charge in [0.05, 0.1) is 55.4 Å². The van der Waals surface area contributed by atoms with Crippen LogP contribution in [-0.4, -0.2) is 33.2 Å². The SMILES string of the molecule is c1ccc(-n2c(-c3cc(-c4nc5ccccc5n4-c4ccccc4)cc(-c4nc5ccccc5n4-c4ccc(Oc5ccc(Sc6cccc7c6-c6cccc[n+]6C7)c(-n6c7ccccc7c7ccccc76)c5)cc4)c3)nc3ccccc32)cc1. The van der Waals surface area contributed by atoms with Gasteiger partial charge in [-0.25, -0.2) is 15.0 Å². The molecule has 1 aliphatic rings. The van der Waals surface area contributed by atoms with Gasteiger partial charge in [-0.15, -0.1) is 0 Å². The van der Waals surface area contributed by atoms with Crippen molar-refractivity contribution >= 4 is 66.7 Å². The van der Waals surface area contributed by atoms with E-state index in [2.05, 4.69) is 284 Å². The predicted octanol–water partition coefficient (Wildman–Crippen LogP) is 18.1. The number of hydrogen-bond donors (Lipinski definition) is 0. The highest BCUT2D eigenvalue weighted by Crippen LogP contribution is 2.45. The Balaban J connectivity index is 0.802. The molecule has 0 bridgehead atoms. The van der Waals surface area contributed by atoms with E-state index in [0.29, 0.717) is 5.75 Å². The van der Waals surface area contributed by atoms with E-state index >= 15 is 0 Å². The summed E-state index contributed by atoms with van der Waals surface area (Å²) >= 11 is 1.81. The van der Waals surface area contributed by atoms with Gasteiger partial charge >= 0.3 is 0 Å². The highest BCUT2D eigenvalue weighted by molar-refractivity contribution is 7.99. The Morgan fingerprint density at radius 1 is 0.353 bits per heavy atom. The monoisotopic (exact) mass is 1110 g/mol. The van der Waals surface area contributed by atoms with Gasteiger partial charge in [-0.2, -0.15) is 4.57 Å². The van der Waals surface area contributed by atoms with Crippen LogP contribution in [0.25, 0.3) is 123 Å². The summed E-state index contributed by atoms with van der Waals surface area (Å²) in [6, 6.07) is 98.1. The molecule has 0 saturated carbocycles. The van der Waals surface area contributed by atoms with Gasteiger partial charge in [-0.3, -0.25) is 13.7 Å². The largest absolute Gasteiger partial charge is 0.457 e. The average molecular weight is 1110 g/mol. The molecule has 10 heteroatoms. The van der Waals surface area contributed by atoms with Crippen molar-refractivity contribution in [1.29, 1.82) is 0 Å². The van der Waals surface area contributed by atoms with Crippen molar-refractivity contribution in [2.45, 2.75) is 16.3 Å². The molecule has 0 N–H and O–H groups in total. The van der Waals surface area contributed by atoms with E-state index in [1.54, 1.807) is 11.8 Å². The number of hydrogen-bond acceptors (Lipinski definition) is 5. The summed E-state index contributed by atoms with van der Waals surface area (Å²) in [5.41, 5.74) is 18.6. The van der Waals surface area contributed by atoms with Crippen molar-refractivity contribution in [3.63, 3.8) is 0 Å². The molecule has 5 aromatic heterocycles. The summed E-state index contributed by atoms with van der Waals surface area (Å²) < 4.78 is 18.5. The van der Waals surface area contributed by atoms with Crippen LogP contribution >= 0.6 is 11.8 Å². The van der Waals surface area contributed by atoms with E-state index in [1.165, 1.54) is 32.5 Å². The van der Waals surface area contributed by atoms with Crippen LogP contribution in [0.3, 0.4) is 0 Å². The Bertz CT molecular complexity index is 5100. The van der Waals surface area contributed by atoms with Crippen LogP contribution in [0.15, 0.2) is 295 Å².